The molecule has 0 unspecified atom stereocenters. The van der Waals surface area contributed by atoms with Gasteiger partial charge in [0.25, 0.3) is 0 Å². The molecule has 0 spiro atoms. The van der Waals surface area contributed by atoms with Crippen LogP contribution in [-0.4, -0.2) is 26.8 Å². The number of hydrogen-bond donors (Lipinski definition) is 1. The van der Waals surface area contributed by atoms with Crippen LogP contribution in [0.1, 0.15) is 12.8 Å². The third-order valence-electron chi connectivity index (χ3n) is 2.44. The van der Waals surface area contributed by atoms with Gasteiger partial charge in [0.2, 0.25) is 0 Å². The van der Waals surface area contributed by atoms with E-state index >= 15 is 0 Å². The summed E-state index contributed by atoms with van der Waals surface area (Å²) < 4.78 is 24.7. The van der Waals surface area contributed by atoms with E-state index in [9.17, 15) is 8.42 Å². The smallest absolute Gasteiger partial charge is 0.189 e. The van der Waals surface area contributed by atoms with Gasteiger partial charge in [-0.3, -0.25) is 0 Å². The molecule has 84 valence electrons. The Labute approximate surface area is 98.4 Å². The number of hydrogen-bond acceptors (Lipinski definition) is 4. The van der Waals surface area contributed by atoms with Crippen molar-refractivity contribution in [3.8, 4) is 0 Å². The molecule has 0 aliphatic carbocycles. The average molecular weight is 266 g/mol. The fraction of sp³-hybridized carbons (Fsp3) is 0.556. The van der Waals surface area contributed by atoms with Crippen LogP contribution >= 0.6 is 22.9 Å². The highest BCUT2D eigenvalue weighted by atomic mass is 35.5. The van der Waals surface area contributed by atoms with Crippen LogP contribution in [0.4, 0.5) is 0 Å². The topological polar surface area (TPSA) is 46.2 Å². The lowest BCUT2D eigenvalue weighted by Gasteiger charge is -2.08. The van der Waals surface area contributed by atoms with Gasteiger partial charge in [-0.2, -0.15) is 0 Å². The van der Waals surface area contributed by atoms with Crippen molar-refractivity contribution >= 4 is 32.8 Å². The number of rotatable bonds is 3. The first kappa shape index (κ1) is 11.4. The predicted octanol–water partition coefficient (Wildman–Crippen LogP) is 1.93. The van der Waals surface area contributed by atoms with Crippen molar-refractivity contribution in [2.24, 2.45) is 0 Å². The molecule has 2 heterocycles. The van der Waals surface area contributed by atoms with Crippen LogP contribution in [-0.2, 0) is 9.84 Å². The molecule has 1 saturated heterocycles. The first-order valence-electron chi connectivity index (χ1n) is 4.79. The van der Waals surface area contributed by atoms with Crippen molar-refractivity contribution in [3.05, 3.63) is 16.5 Å². The summed E-state index contributed by atoms with van der Waals surface area (Å²) in [6, 6.07) is 3.31. The Morgan fingerprint density at radius 3 is 2.87 bits per heavy atom. The molecular formula is C9H12ClNO2S2. The molecule has 2 rings (SSSR count). The fourth-order valence-corrected chi connectivity index (χ4v) is 4.86. The minimum Gasteiger partial charge on any atom is -0.313 e. The summed E-state index contributed by atoms with van der Waals surface area (Å²) in [7, 11) is -3.15. The van der Waals surface area contributed by atoms with Crippen molar-refractivity contribution in [2.45, 2.75) is 23.1 Å². The van der Waals surface area contributed by atoms with E-state index in [-0.39, 0.29) is 11.8 Å². The molecular weight excluding hydrogens is 254 g/mol. The van der Waals surface area contributed by atoms with E-state index in [0.29, 0.717) is 8.55 Å². The van der Waals surface area contributed by atoms with Gasteiger partial charge in [0.15, 0.2) is 9.84 Å². The van der Waals surface area contributed by atoms with Crippen molar-refractivity contribution in [1.29, 1.82) is 0 Å². The van der Waals surface area contributed by atoms with Gasteiger partial charge in [0, 0.05) is 6.04 Å². The molecule has 0 bridgehead atoms. The van der Waals surface area contributed by atoms with Crippen LogP contribution in [0.15, 0.2) is 16.3 Å². The largest absolute Gasteiger partial charge is 0.313 e. The second kappa shape index (κ2) is 4.41. The molecule has 0 radical (unpaired) electrons. The SMILES string of the molecule is O=S(=O)(C[C@@H]1CCCN1)c1ccc(Cl)s1. The number of thiophene rings is 1. The van der Waals surface area contributed by atoms with Crippen molar-refractivity contribution < 1.29 is 8.42 Å². The Morgan fingerprint density at radius 2 is 2.33 bits per heavy atom. The molecule has 0 amide bonds. The normalized spacial score (nSPS) is 22.1. The second-order valence-corrected chi connectivity index (χ2v) is 7.61. The molecule has 6 heteroatoms. The summed E-state index contributed by atoms with van der Waals surface area (Å²) in [5, 5.41) is 3.18. The highest BCUT2D eigenvalue weighted by Crippen LogP contribution is 2.27. The first-order valence-corrected chi connectivity index (χ1v) is 7.64. The summed E-state index contributed by atoms with van der Waals surface area (Å²) >= 11 is 6.85. The van der Waals surface area contributed by atoms with Crippen LogP contribution in [0.2, 0.25) is 4.34 Å². The Morgan fingerprint density at radius 1 is 1.53 bits per heavy atom. The summed E-state index contributed by atoms with van der Waals surface area (Å²) in [6.45, 7) is 0.922. The molecule has 1 aliphatic rings. The molecule has 1 aliphatic heterocycles. The molecule has 1 N–H and O–H groups in total. The maximum absolute atomic E-state index is 11.9. The van der Waals surface area contributed by atoms with Gasteiger partial charge < -0.3 is 5.32 Å². The maximum atomic E-state index is 11.9. The molecule has 0 aromatic carbocycles. The van der Waals surface area contributed by atoms with E-state index in [4.69, 9.17) is 11.6 Å². The molecule has 1 aromatic rings. The Hall–Kier alpha value is -0.100. The van der Waals surface area contributed by atoms with Gasteiger partial charge in [0.1, 0.15) is 4.21 Å². The van der Waals surface area contributed by atoms with E-state index in [1.165, 1.54) is 0 Å². The lowest BCUT2D eigenvalue weighted by Crippen LogP contribution is -2.29. The molecule has 1 atom stereocenters. The summed E-state index contributed by atoms with van der Waals surface area (Å²) in [5.74, 6) is 0.184. The van der Waals surface area contributed by atoms with Crippen LogP contribution in [0.25, 0.3) is 0 Å². The van der Waals surface area contributed by atoms with Crippen LogP contribution < -0.4 is 5.32 Å². The van der Waals surface area contributed by atoms with Crippen LogP contribution in [0.3, 0.4) is 0 Å². The highest BCUT2D eigenvalue weighted by molar-refractivity contribution is 7.93. The molecule has 1 aromatic heterocycles. The van der Waals surface area contributed by atoms with Gasteiger partial charge in [0.05, 0.1) is 10.1 Å². The van der Waals surface area contributed by atoms with Crippen LogP contribution in [0, 0.1) is 0 Å². The molecule has 3 nitrogen and oxygen atoms in total. The molecule has 1 fully saturated rings. The van der Waals surface area contributed by atoms with Crippen molar-refractivity contribution in [3.63, 3.8) is 0 Å². The summed E-state index contributed by atoms with van der Waals surface area (Å²) in [5.41, 5.74) is 0. The minimum absolute atomic E-state index is 0.107. The predicted molar refractivity (Wildman–Crippen MR) is 62.4 cm³/mol. The first-order chi connectivity index (χ1) is 7.08. The van der Waals surface area contributed by atoms with Gasteiger partial charge in [-0.1, -0.05) is 11.6 Å². The number of halogens is 1. The summed E-state index contributed by atoms with van der Waals surface area (Å²) in [4.78, 5) is 0. The van der Waals surface area contributed by atoms with Gasteiger partial charge in [-0.05, 0) is 31.5 Å². The van der Waals surface area contributed by atoms with Gasteiger partial charge in [-0.25, -0.2) is 8.42 Å². The molecule has 15 heavy (non-hydrogen) atoms. The van der Waals surface area contributed by atoms with E-state index in [0.717, 1.165) is 30.7 Å². The number of nitrogens with one attached hydrogen (secondary N) is 1. The Kier molecular flexibility index (Phi) is 3.35. The second-order valence-electron chi connectivity index (χ2n) is 3.63. The fourth-order valence-electron chi connectivity index (χ4n) is 1.71. The average Bonchev–Trinajstić information content (AvgIpc) is 2.75. The zero-order valence-corrected chi connectivity index (χ0v) is 10.5. The third-order valence-corrected chi connectivity index (χ3v) is 6.07. The Balaban J connectivity index is 2.12. The zero-order valence-electron chi connectivity index (χ0n) is 8.07. The monoisotopic (exact) mass is 265 g/mol. The zero-order chi connectivity index (χ0) is 10.9. The number of sulfone groups is 1. The van der Waals surface area contributed by atoms with Gasteiger partial charge >= 0.3 is 0 Å². The molecule has 0 saturated carbocycles. The van der Waals surface area contributed by atoms with Gasteiger partial charge in [-0.15, -0.1) is 11.3 Å². The minimum atomic E-state index is -3.15. The van der Waals surface area contributed by atoms with E-state index in [1.807, 2.05) is 0 Å². The Bertz CT molecular complexity index is 435. The van der Waals surface area contributed by atoms with Crippen molar-refractivity contribution in [2.75, 3.05) is 12.3 Å². The quantitative estimate of drug-likeness (QED) is 0.908. The van der Waals surface area contributed by atoms with E-state index in [2.05, 4.69) is 5.32 Å². The lowest BCUT2D eigenvalue weighted by atomic mass is 10.3. The highest BCUT2D eigenvalue weighted by Gasteiger charge is 2.24. The van der Waals surface area contributed by atoms with Crippen LogP contribution in [0.5, 0.6) is 0 Å². The maximum Gasteiger partial charge on any atom is 0.189 e. The lowest BCUT2D eigenvalue weighted by molar-refractivity contribution is 0.579. The summed E-state index contributed by atoms with van der Waals surface area (Å²) in [6.07, 6.45) is 2.00. The van der Waals surface area contributed by atoms with E-state index < -0.39 is 9.84 Å². The van der Waals surface area contributed by atoms with E-state index in [1.54, 1.807) is 12.1 Å². The third kappa shape index (κ3) is 2.72. The van der Waals surface area contributed by atoms with Crippen molar-refractivity contribution in [1.82, 2.24) is 5.32 Å². The standard InChI is InChI=1S/C9H12ClNO2S2/c10-8-3-4-9(14-8)15(12,13)6-7-2-1-5-11-7/h3-4,7,11H,1-2,5-6H2/t7-/m0/s1.